The van der Waals surface area contributed by atoms with Crippen molar-refractivity contribution in [2.45, 2.75) is 53.9 Å². The van der Waals surface area contributed by atoms with Gasteiger partial charge in [0.05, 0.1) is 24.2 Å². The van der Waals surface area contributed by atoms with Crippen LogP contribution in [0.3, 0.4) is 0 Å². The second-order valence-corrected chi connectivity index (χ2v) is 11.5. The molecule has 0 radical (unpaired) electrons. The Balaban J connectivity index is 1.47. The molecular weight excluding hydrogens is 555 g/mol. The van der Waals surface area contributed by atoms with Crippen LogP contribution >= 0.6 is 23.2 Å². The van der Waals surface area contributed by atoms with Crippen molar-refractivity contribution in [3.8, 4) is 16.9 Å². The van der Waals surface area contributed by atoms with E-state index in [0.29, 0.717) is 30.2 Å². The average molecular weight is 590 g/mol. The van der Waals surface area contributed by atoms with Gasteiger partial charge in [0.25, 0.3) is 5.91 Å². The zero-order chi connectivity index (χ0) is 29.4. The van der Waals surface area contributed by atoms with Crippen LogP contribution in [-0.2, 0) is 18.3 Å². The van der Waals surface area contributed by atoms with Crippen LogP contribution in [0, 0.1) is 34.6 Å². The number of rotatable bonds is 8. The summed E-state index contributed by atoms with van der Waals surface area (Å²) < 4.78 is 7.97. The van der Waals surface area contributed by atoms with Gasteiger partial charge in [-0.1, -0.05) is 29.3 Å². The zero-order valence-corrected chi connectivity index (χ0v) is 25.8. The summed E-state index contributed by atoms with van der Waals surface area (Å²) in [5.74, 6) is 0.667. The highest BCUT2D eigenvalue weighted by Gasteiger charge is 2.31. The van der Waals surface area contributed by atoms with Gasteiger partial charge in [-0.3, -0.25) is 14.5 Å². The Labute approximate surface area is 251 Å². The molecule has 0 fully saturated rings. The lowest BCUT2D eigenvalue weighted by atomic mass is 9.93. The van der Waals surface area contributed by atoms with E-state index in [-0.39, 0.29) is 5.91 Å². The third-order valence-electron chi connectivity index (χ3n) is 7.76. The molecule has 212 valence electrons. The Kier molecular flexibility index (Phi) is 8.25. The second kappa shape index (κ2) is 11.7. The molecule has 6 nitrogen and oxygen atoms in total. The highest BCUT2D eigenvalue weighted by Crippen LogP contribution is 2.45. The van der Waals surface area contributed by atoms with Crippen molar-refractivity contribution in [1.29, 1.82) is 0 Å². The number of anilines is 1. The fourth-order valence-corrected chi connectivity index (χ4v) is 6.00. The lowest BCUT2D eigenvalue weighted by Crippen LogP contribution is -2.16. The normalized spacial score (nSPS) is 12.6. The minimum Gasteiger partial charge on any atom is -0.494 e. The second-order valence-electron chi connectivity index (χ2n) is 10.7. The van der Waals surface area contributed by atoms with Gasteiger partial charge in [-0.25, -0.2) is 0 Å². The molecule has 8 heteroatoms. The molecule has 1 aliphatic rings. The van der Waals surface area contributed by atoms with Gasteiger partial charge in [-0.2, -0.15) is 5.10 Å². The first-order valence-corrected chi connectivity index (χ1v) is 14.5. The summed E-state index contributed by atoms with van der Waals surface area (Å²) >= 11 is 13.2. The SMILES string of the molecule is Cc1ccc(NC(=O)C2=C(CCCOc3cc(C)c(Cl)c(C)c3)c3ccc(Cl)c(-c4c(C)nn(C)c4C)c3C2)cn1. The van der Waals surface area contributed by atoms with Gasteiger partial charge >= 0.3 is 0 Å². The number of aryl methyl sites for hydroxylation is 5. The maximum atomic E-state index is 13.7. The van der Waals surface area contributed by atoms with E-state index in [1.807, 2.05) is 82.7 Å². The van der Waals surface area contributed by atoms with E-state index in [9.17, 15) is 4.79 Å². The number of halogens is 2. The number of hydrogen-bond acceptors (Lipinski definition) is 4. The average Bonchev–Trinajstić information content (AvgIpc) is 3.42. The van der Waals surface area contributed by atoms with Gasteiger partial charge in [0.15, 0.2) is 0 Å². The highest BCUT2D eigenvalue weighted by molar-refractivity contribution is 6.34. The van der Waals surface area contributed by atoms with E-state index in [2.05, 4.69) is 15.4 Å². The van der Waals surface area contributed by atoms with Gasteiger partial charge < -0.3 is 10.1 Å². The number of amides is 1. The Morgan fingerprint density at radius 1 is 1.02 bits per heavy atom. The monoisotopic (exact) mass is 588 g/mol. The minimum absolute atomic E-state index is 0.131. The van der Waals surface area contributed by atoms with Crippen LogP contribution in [0.5, 0.6) is 5.75 Å². The van der Waals surface area contributed by atoms with E-state index < -0.39 is 0 Å². The van der Waals surface area contributed by atoms with E-state index in [1.54, 1.807) is 6.20 Å². The maximum absolute atomic E-state index is 13.7. The van der Waals surface area contributed by atoms with Crippen LogP contribution in [0.1, 0.15) is 52.2 Å². The Hall–Kier alpha value is -3.61. The summed E-state index contributed by atoms with van der Waals surface area (Å²) in [4.78, 5) is 18.0. The number of ether oxygens (including phenoxy) is 1. The number of carbonyl (C=O) groups is 1. The molecule has 2 aromatic heterocycles. The first-order valence-electron chi connectivity index (χ1n) is 13.7. The van der Waals surface area contributed by atoms with E-state index in [1.165, 1.54) is 0 Å². The largest absolute Gasteiger partial charge is 0.494 e. The molecule has 1 aliphatic carbocycles. The van der Waals surface area contributed by atoms with Gasteiger partial charge in [-0.05, 0) is 106 Å². The first-order chi connectivity index (χ1) is 19.5. The molecular formula is C33H34Cl2N4O2. The Morgan fingerprint density at radius 2 is 1.76 bits per heavy atom. The predicted octanol–water partition coefficient (Wildman–Crippen LogP) is 8.14. The topological polar surface area (TPSA) is 69.0 Å². The van der Waals surface area contributed by atoms with E-state index >= 15 is 0 Å². The number of nitrogens with zero attached hydrogens (tertiary/aromatic N) is 3. The van der Waals surface area contributed by atoms with Gasteiger partial charge in [0.1, 0.15) is 5.75 Å². The zero-order valence-electron chi connectivity index (χ0n) is 24.3. The standard InChI is InChI=1S/C33H34Cl2N4O2/c1-18-14-24(15-19(2)32(18)35)41-13-7-8-25-26-11-12-29(34)31(30-21(4)38-39(6)22(30)5)27(26)16-28(25)33(40)37-23-10-9-20(3)36-17-23/h9-12,14-15,17H,7-8,13,16H2,1-6H3,(H,37,40). The van der Waals surface area contributed by atoms with Crippen molar-refractivity contribution in [3.05, 3.63) is 97.5 Å². The first kappa shape index (κ1) is 28.9. The maximum Gasteiger partial charge on any atom is 0.252 e. The molecule has 0 atom stereocenters. The van der Waals surface area contributed by atoms with Crippen molar-refractivity contribution in [2.75, 3.05) is 11.9 Å². The number of hydrogen-bond donors (Lipinski definition) is 1. The Morgan fingerprint density at radius 3 is 2.39 bits per heavy atom. The fraction of sp³-hybridized carbons (Fsp3) is 0.303. The third kappa shape index (κ3) is 5.77. The van der Waals surface area contributed by atoms with Crippen LogP contribution in [0.25, 0.3) is 16.7 Å². The summed E-state index contributed by atoms with van der Waals surface area (Å²) in [5.41, 5.74) is 11.3. The smallest absolute Gasteiger partial charge is 0.252 e. The predicted molar refractivity (Wildman–Crippen MR) is 167 cm³/mol. The molecule has 2 aromatic carbocycles. The number of fused-ring (bicyclic) bond motifs is 1. The molecule has 0 spiro atoms. The number of benzene rings is 2. The van der Waals surface area contributed by atoms with Crippen LogP contribution in [0.4, 0.5) is 5.69 Å². The lowest BCUT2D eigenvalue weighted by molar-refractivity contribution is -0.112. The lowest BCUT2D eigenvalue weighted by Gasteiger charge is -2.14. The number of carbonyl (C=O) groups excluding carboxylic acids is 1. The molecule has 2 heterocycles. The minimum atomic E-state index is -0.131. The van der Waals surface area contributed by atoms with E-state index in [0.717, 1.165) is 78.8 Å². The molecule has 0 unspecified atom stereocenters. The number of allylic oxidation sites excluding steroid dienone is 1. The number of aromatic nitrogens is 3. The van der Waals surface area contributed by atoms with Crippen molar-refractivity contribution in [2.24, 2.45) is 7.05 Å². The Bertz CT molecular complexity index is 1660. The molecule has 1 amide bonds. The van der Waals surface area contributed by atoms with Crippen LogP contribution in [0.2, 0.25) is 10.0 Å². The summed E-state index contributed by atoms with van der Waals surface area (Å²) in [6.45, 7) is 10.4. The third-order valence-corrected chi connectivity index (χ3v) is 8.67. The van der Waals surface area contributed by atoms with Crippen molar-refractivity contribution >= 4 is 40.4 Å². The van der Waals surface area contributed by atoms with Crippen LogP contribution in [0.15, 0.2) is 48.2 Å². The van der Waals surface area contributed by atoms with E-state index in [4.69, 9.17) is 27.9 Å². The summed E-state index contributed by atoms with van der Waals surface area (Å²) in [7, 11) is 1.94. The van der Waals surface area contributed by atoms with Crippen molar-refractivity contribution in [1.82, 2.24) is 14.8 Å². The fourth-order valence-electron chi connectivity index (χ4n) is 5.62. The molecule has 1 N–H and O–H groups in total. The molecule has 0 aliphatic heterocycles. The van der Waals surface area contributed by atoms with Crippen LogP contribution < -0.4 is 10.1 Å². The van der Waals surface area contributed by atoms with Crippen molar-refractivity contribution < 1.29 is 9.53 Å². The number of nitrogens with one attached hydrogen (secondary N) is 1. The van der Waals surface area contributed by atoms with Gasteiger partial charge in [0, 0.05) is 51.6 Å². The number of pyridine rings is 1. The summed E-state index contributed by atoms with van der Waals surface area (Å²) in [6, 6.07) is 11.6. The summed E-state index contributed by atoms with van der Waals surface area (Å²) in [6.07, 6.45) is 3.58. The molecule has 0 bridgehead atoms. The molecule has 0 saturated heterocycles. The molecule has 0 saturated carbocycles. The molecule has 41 heavy (non-hydrogen) atoms. The quantitative estimate of drug-likeness (QED) is 0.211. The van der Waals surface area contributed by atoms with Crippen molar-refractivity contribution in [3.63, 3.8) is 0 Å². The highest BCUT2D eigenvalue weighted by atomic mass is 35.5. The molecule has 5 rings (SSSR count). The van der Waals surface area contributed by atoms with Gasteiger partial charge in [-0.15, -0.1) is 0 Å². The molecule has 4 aromatic rings. The summed E-state index contributed by atoms with van der Waals surface area (Å²) in [5, 5.41) is 9.11. The van der Waals surface area contributed by atoms with Crippen LogP contribution in [-0.4, -0.2) is 27.3 Å². The van der Waals surface area contributed by atoms with Gasteiger partial charge in [0.2, 0.25) is 0 Å².